The molecule has 0 rings (SSSR count). The third-order valence-corrected chi connectivity index (χ3v) is 1.11. The van der Waals surface area contributed by atoms with Crippen molar-refractivity contribution in [3.05, 3.63) is 12.2 Å². The fraction of sp³-hybridized carbons (Fsp3) is 0.714. The van der Waals surface area contributed by atoms with Gasteiger partial charge >= 0.3 is 6.18 Å². The van der Waals surface area contributed by atoms with E-state index < -0.39 is 12.3 Å². The lowest BCUT2D eigenvalue weighted by molar-refractivity contribution is -0.187. The highest BCUT2D eigenvalue weighted by atomic mass is 19.4. The summed E-state index contributed by atoms with van der Waals surface area (Å²) < 4.78 is 34.7. The second-order valence-electron chi connectivity index (χ2n) is 2.20. The number of aliphatic hydroxyl groups excluding tert-OH is 1. The van der Waals surface area contributed by atoms with Crippen molar-refractivity contribution < 1.29 is 18.3 Å². The standard InChI is InChI=1S/C7H11F3O/c1-2-3-4-5-6(11)7(8,9)10/h4-6,11H,2-3H2,1H3/b5-4+/t6-/m1/s1. The van der Waals surface area contributed by atoms with Crippen molar-refractivity contribution >= 4 is 0 Å². The highest BCUT2D eigenvalue weighted by Crippen LogP contribution is 2.20. The molecule has 0 bridgehead atoms. The Morgan fingerprint density at radius 1 is 1.45 bits per heavy atom. The van der Waals surface area contributed by atoms with Crippen LogP contribution in [0.1, 0.15) is 19.8 Å². The fourth-order valence-electron chi connectivity index (χ4n) is 0.501. The first-order valence-corrected chi connectivity index (χ1v) is 3.40. The molecule has 11 heavy (non-hydrogen) atoms. The molecule has 1 nitrogen and oxygen atoms in total. The summed E-state index contributed by atoms with van der Waals surface area (Å²) in [6, 6.07) is 0. The third kappa shape index (κ3) is 4.84. The second kappa shape index (κ2) is 4.38. The van der Waals surface area contributed by atoms with Crippen molar-refractivity contribution in [3.8, 4) is 0 Å². The van der Waals surface area contributed by atoms with Crippen LogP contribution in [0.5, 0.6) is 0 Å². The molecule has 0 radical (unpaired) electrons. The molecule has 0 aromatic rings. The van der Waals surface area contributed by atoms with Gasteiger partial charge in [0.15, 0.2) is 6.10 Å². The lowest BCUT2D eigenvalue weighted by Gasteiger charge is -2.09. The summed E-state index contributed by atoms with van der Waals surface area (Å²) in [6.45, 7) is 1.85. The molecule has 0 heterocycles. The highest BCUT2D eigenvalue weighted by Gasteiger charge is 2.35. The summed E-state index contributed by atoms with van der Waals surface area (Å²) in [5.41, 5.74) is 0. The average molecular weight is 168 g/mol. The van der Waals surface area contributed by atoms with Gasteiger partial charge in [0, 0.05) is 0 Å². The van der Waals surface area contributed by atoms with Gasteiger partial charge in [-0.15, -0.1) is 0 Å². The van der Waals surface area contributed by atoms with Crippen molar-refractivity contribution in [2.45, 2.75) is 32.0 Å². The maximum Gasteiger partial charge on any atom is 0.417 e. The van der Waals surface area contributed by atoms with Gasteiger partial charge < -0.3 is 5.11 Å². The Hall–Kier alpha value is -0.510. The van der Waals surface area contributed by atoms with Crippen molar-refractivity contribution in [3.63, 3.8) is 0 Å². The van der Waals surface area contributed by atoms with Crippen molar-refractivity contribution in [2.75, 3.05) is 0 Å². The Bertz CT molecular complexity index is 128. The van der Waals surface area contributed by atoms with Crippen LogP contribution in [0.15, 0.2) is 12.2 Å². The summed E-state index contributed by atoms with van der Waals surface area (Å²) in [5, 5.41) is 8.40. The number of hydrogen-bond acceptors (Lipinski definition) is 1. The number of hydrogen-bond donors (Lipinski definition) is 1. The molecular weight excluding hydrogens is 157 g/mol. The van der Waals surface area contributed by atoms with Gasteiger partial charge in [-0.2, -0.15) is 13.2 Å². The molecule has 66 valence electrons. The van der Waals surface area contributed by atoms with Crippen LogP contribution < -0.4 is 0 Å². The van der Waals surface area contributed by atoms with E-state index in [0.29, 0.717) is 6.42 Å². The number of halogens is 3. The first kappa shape index (κ1) is 10.5. The normalized spacial score (nSPS) is 15.7. The molecular formula is C7H11F3O. The Labute approximate surface area is 63.5 Å². The third-order valence-electron chi connectivity index (χ3n) is 1.11. The number of rotatable bonds is 3. The molecule has 0 fully saturated rings. The van der Waals surface area contributed by atoms with Crippen LogP contribution in [0, 0.1) is 0 Å². The van der Waals surface area contributed by atoms with Crippen molar-refractivity contribution in [1.29, 1.82) is 0 Å². The van der Waals surface area contributed by atoms with Crippen LogP contribution in [0.3, 0.4) is 0 Å². The van der Waals surface area contributed by atoms with Gasteiger partial charge in [0.2, 0.25) is 0 Å². The Balaban J connectivity index is 3.77. The quantitative estimate of drug-likeness (QED) is 0.641. The molecule has 0 aliphatic rings. The monoisotopic (exact) mass is 168 g/mol. The number of allylic oxidation sites excluding steroid dienone is 1. The average Bonchev–Trinajstić information content (AvgIpc) is 1.86. The predicted molar refractivity (Wildman–Crippen MR) is 36.1 cm³/mol. The molecule has 0 amide bonds. The lowest BCUT2D eigenvalue weighted by atomic mass is 10.2. The van der Waals surface area contributed by atoms with E-state index in [1.165, 1.54) is 6.08 Å². The van der Waals surface area contributed by atoms with Crippen LogP contribution in [0.4, 0.5) is 13.2 Å². The summed E-state index contributed by atoms with van der Waals surface area (Å²) in [7, 11) is 0. The first-order chi connectivity index (χ1) is 4.98. The second-order valence-corrected chi connectivity index (χ2v) is 2.20. The summed E-state index contributed by atoms with van der Waals surface area (Å²) >= 11 is 0. The maximum atomic E-state index is 11.6. The molecule has 0 aliphatic heterocycles. The number of unbranched alkanes of at least 4 members (excludes halogenated alkanes) is 1. The van der Waals surface area contributed by atoms with Gasteiger partial charge in [0.1, 0.15) is 0 Å². The number of alkyl halides is 3. The Morgan fingerprint density at radius 2 is 2.00 bits per heavy atom. The molecule has 1 N–H and O–H groups in total. The smallest absolute Gasteiger partial charge is 0.380 e. The van der Waals surface area contributed by atoms with E-state index in [9.17, 15) is 13.2 Å². The summed E-state index contributed by atoms with van der Waals surface area (Å²) in [6.07, 6.45) is -3.39. The lowest BCUT2D eigenvalue weighted by Crippen LogP contribution is -2.25. The minimum atomic E-state index is -4.52. The van der Waals surface area contributed by atoms with E-state index in [1.807, 2.05) is 6.92 Å². The minimum Gasteiger partial charge on any atom is -0.380 e. The van der Waals surface area contributed by atoms with Crippen LogP contribution in [-0.4, -0.2) is 17.4 Å². The van der Waals surface area contributed by atoms with Gasteiger partial charge in [-0.25, -0.2) is 0 Å². The zero-order valence-electron chi connectivity index (χ0n) is 6.23. The molecule has 0 aromatic carbocycles. The largest absolute Gasteiger partial charge is 0.417 e. The van der Waals surface area contributed by atoms with E-state index in [2.05, 4.69) is 0 Å². The van der Waals surface area contributed by atoms with E-state index in [0.717, 1.165) is 12.5 Å². The van der Waals surface area contributed by atoms with E-state index in [-0.39, 0.29) is 0 Å². The summed E-state index contributed by atoms with van der Waals surface area (Å²) in [5.74, 6) is 0. The first-order valence-electron chi connectivity index (χ1n) is 3.40. The van der Waals surface area contributed by atoms with E-state index in [1.54, 1.807) is 0 Å². The topological polar surface area (TPSA) is 20.2 Å². The molecule has 0 aromatic heterocycles. The Morgan fingerprint density at radius 3 is 2.36 bits per heavy atom. The molecule has 0 saturated carbocycles. The summed E-state index contributed by atoms with van der Waals surface area (Å²) in [4.78, 5) is 0. The Kier molecular flexibility index (Phi) is 4.18. The van der Waals surface area contributed by atoms with Gasteiger partial charge in [0.05, 0.1) is 0 Å². The molecule has 1 atom stereocenters. The SMILES string of the molecule is CCC/C=C/[C@@H](O)C(F)(F)F. The fourth-order valence-corrected chi connectivity index (χ4v) is 0.501. The van der Waals surface area contributed by atoms with Gasteiger partial charge in [-0.05, 0) is 6.42 Å². The molecule has 4 heteroatoms. The van der Waals surface area contributed by atoms with Crippen LogP contribution in [0.25, 0.3) is 0 Å². The van der Waals surface area contributed by atoms with Crippen LogP contribution >= 0.6 is 0 Å². The zero-order chi connectivity index (χ0) is 8.91. The zero-order valence-corrected chi connectivity index (χ0v) is 6.23. The minimum absolute atomic E-state index is 0.563. The van der Waals surface area contributed by atoms with Gasteiger partial charge in [-0.1, -0.05) is 25.5 Å². The van der Waals surface area contributed by atoms with Crippen molar-refractivity contribution in [2.24, 2.45) is 0 Å². The molecule has 0 spiro atoms. The van der Waals surface area contributed by atoms with Crippen LogP contribution in [0.2, 0.25) is 0 Å². The number of aliphatic hydroxyl groups is 1. The van der Waals surface area contributed by atoms with E-state index >= 15 is 0 Å². The maximum absolute atomic E-state index is 11.6. The predicted octanol–water partition coefficient (Wildman–Crippen LogP) is 2.27. The van der Waals surface area contributed by atoms with E-state index in [4.69, 9.17) is 5.11 Å². The van der Waals surface area contributed by atoms with Crippen LogP contribution in [-0.2, 0) is 0 Å². The molecule has 0 unspecified atom stereocenters. The van der Waals surface area contributed by atoms with Crippen molar-refractivity contribution in [1.82, 2.24) is 0 Å². The van der Waals surface area contributed by atoms with Gasteiger partial charge in [-0.3, -0.25) is 0 Å². The highest BCUT2D eigenvalue weighted by molar-refractivity contribution is 4.91. The molecule has 0 saturated heterocycles. The molecule has 0 aliphatic carbocycles. The van der Waals surface area contributed by atoms with Gasteiger partial charge in [0.25, 0.3) is 0 Å².